The fraction of sp³-hybridized carbons (Fsp3) is 0.395. The zero-order valence-electron chi connectivity index (χ0n) is 29.1. The fourth-order valence-electron chi connectivity index (χ4n) is 5.63. The highest BCUT2D eigenvalue weighted by molar-refractivity contribution is 6.40. The zero-order valence-corrected chi connectivity index (χ0v) is 32.8. The number of benzene rings is 3. The minimum absolute atomic E-state index is 0.0283. The number of nitrogens with zero attached hydrogens (tertiary/aromatic N) is 1. The number of ether oxygens (including phenoxy) is 1. The molecule has 2 amide bonds. The van der Waals surface area contributed by atoms with E-state index in [9.17, 15) is 14.4 Å². The summed E-state index contributed by atoms with van der Waals surface area (Å²) in [6, 6.07) is 14.0. The summed E-state index contributed by atoms with van der Waals surface area (Å²) in [4.78, 5) is 39.2. The van der Waals surface area contributed by atoms with Gasteiger partial charge < -0.3 is 15.4 Å². The molecule has 0 aliphatic heterocycles. The van der Waals surface area contributed by atoms with Crippen molar-refractivity contribution in [3.63, 3.8) is 0 Å². The number of H-pyrrole nitrogens is 1. The summed E-state index contributed by atoms with van der Waals surface area (Å²) in [7, 11) is 0. The first-order valence-electron chi connectivity index (χ1n) is 17.7. The summed E-state index contributed by atoms with van der Waals surface area (Å²) in [5.41, 5.74) is 0.549. The van der Waals surface area contributed by atoms with Gasteiger partial charge in [0.25, 0.3) is 0 Å². The van der Waals surface area contributed by atoms with Crippen LogP contribution in [0.1, 0.15) is 96.8 Å². The Morgan fingerprint density at radius 1 is 0.673 bits per heavy atom. The third-order valence-electron chi connectivity index (χ3n) is 8.36. The van der Waals surface area contributed by atoms with Crippen molar-refractivity contribution in [2.24, 2.45) is 0 Å². The van der Waals surface area contributed by atoms with Gasteiger partial charge in [0.15, 0.2) is 5.82 Å². The maximum Gasteiger partial charge on any atom is 0.417 e. The van der Waals surface area contributed by atoms with E-state index in [1.807, 2.05) is 0 Å². The van der Waals surface area contributed by atoms with Crippen LogP contribution >= 0.6 is 58.0 Å². The number of aromatic amines is 1. The lowest BCUT2D eigenvalue weighted by Gasteiger charge is -2.12. The van der Waals surface area contributed by atoms with Crippen molar-refractivity contribution in [2.75, 3.05) is 16.0 Å². The quantitative estimate of drug-likeness (QED) is 0.0663. The van der Waals surface area contributed by atoms with Gasteiger partial charge in [-0.05, 0) is 61.0 Å². The van der Waals surface area contributed by atoms with Crippen molar-refractivity contribution < 1.29 is 14.3 Å². The lowest BCUT2D eigenvalue weighted by atomic mass is 10.0. The fourth-order valence-corrected chi connectivity index (χ4v) is 6.97. The summed E-state index contributed by atoms with van der Waals surface area (Å²) >= 11 is 31.4. The number of carbonyl (C=O) groups excluding carboxylic acids is 2. The summed E-state index contributed by atoms with van der Waals surface area (Å²) < 4.78 is 6.50. The Bertz CT molecular complexity index is 1820. The number of aromatic nitrogens is 2. The van der Waals surface area contributed by atoms with E-state index in [0.717, 1.165) is 23.9 Å². The van der Waals surface area contributed by atoms with Crippen LogP contribution in [0.15, 0.2) is 59.4 Å². The molecule has 4 aromatic rings. The predicted molar refractivity (Wildman–Crippen MR) is 216 cm³/mol. The van der Waals surface area contributed by atoms with Gasteiger partial charge in [-0.1, -0.05) is 142 Å². The van der Waals surface area contributed by atoms with Crippen LogP contribution < -0.4 is 26.2 Å². The average molecular weight is 812 g/mol. The lowest BCUT2D eigenvalue weighted by molar-refractivity contribution is -0.116. The highest BCUT2D eigenvalue weighted by Crippen LogP contribution is 2.35. The monoisotopic (exact) mass is 809 g/mol. The average Bonchev–Trinajstić information content (AvgIpc) is 3.38. The van der Waals surface area contributed by atoms with Gasteiger partial charge in [0, 0.05) is 27.8 Å². The third kappa shape index (κ3) is 13.0. The van der Waals surface area contributed by atoms with Crippen LogP contribution in [-0.2, 0) is 4.79 Å². The predicted octanol–water partition coefficient (Wildman–Crippen LogP) is 13.2. The van der Waals surface area contributed by atoms with Gasteiger partial charge in [-0.3, -0.25) is 20.0 Å². The van der Waals surface area contributed by atoms with Crippen molar-refractivity contribution >= 4 is 92.9 Å². The molecule has 4 N–H and O–H groups in total. The number of anilines is 4. The summed E-state index contributed by atoms with van der Waals surface area (Å²) in [5.74, 6) is -0.528. The Labute approximate surface area is 329 Å². The number of hydrogen-bond donors (Lipinski definition) is 4. The van der Waals surface area contributed by atoms with E-state index in [0.29, 0.717) is 28.5 Å². The van der Waals surface area contributed by atoms with E-state index in [2.05, 4.69) is 28.0 Å². The summed E-state index contributed by atoms with van der Waals surface area (Å²) in [6.07, 6.45) is 15.6. The molecule has 3 aromatic carbocycles. The van der Waals surface area contributed by atoms with E-state index in [1.165, 1.54) is 76.3 Å². The maximum absolute atomic E-state index is 13.6. The van der Waals surface area contributed by atoms with Crippen LogP contribution in [0, 0.1) is 0 Å². The molecule has 0 fully saturated rings. The number of unbranched alkanes of at least 4 members (excludes halogenated alkanes) is 12. The highest BCUT2D eigenvalue weighted by atomic mass is 35.5. The molecule has 0 aliphatic rings. The van der Waals surface area contributed by atoms with E-state index < -0.39 is 17.4 Å². The summed E-state index contributed by atoms with van der Waals surface area (Å²) in [6.45, 7) is 2.25. The number of hydrogen-bond acceptors (Lipinski definition) is 5. The van der Waals surface area contributed by atoms with E-state index in [1.54, 1.807) is 42.5 Å². The van der Waals surface area contributed by atoms with Crippen molar-refractivity contribution in [2.45, 2.75) is 96.8 Å². The molecule has 0 aliphatic carbocycles. The van der Waals surface area contributed by atoms with E-state index >= 15 is 0 Å². The number of nitrogens with one attached hydrogen (secondary N) is 4. The van der Waals surface area contributed by atoms with Gasteiger partial charge in [0.1, 0.15) is 5.69 Å². The van der Waals surface area contributed by atoms with Crippen LogP contribution in [-0.4, -0.2) is 21.8 Å². The Kier molecular flexibility index (Phi) is 17.0. The number of halogens is 5. The second-order valence-electron chi connectivity index (χ2n) is 12.6. The van der Waals surface area contributed by atoms with Gasteiger partial charge in [0.05, 0.1) is 20.8 Å². The first-order chi connectivity index (χ1) is 25.0. The number of amides is 2. The second-order valence-corrected chi connectivity index (χ2v) is 14.7. The summed E-state index contributed by atoms with van der Waals surface area (Å²) in [5, 5.41) is 12.4. The molecule has 52 heavy (non-hydrogen) atoms. The third-order valence-corrected chi connectivity index (χ3v) is 9.72. The molecule has 0 bridgehead atoms. The van der Waals surface area contributed by atoms with Gasteiger partial charge in [-0.15, -0.1) is 0 Å². The van der Waals surface area contributed by atoms with Crippen LogP contribution in [0.25, 0.3) is 5.69 Å². The molecule has 0 unspecified atom stereocenters. The Morgan fingerprint density at radius 2 is 1.23 bits per heavy atom. The first kappa shape index (κ1) is 41.4. The first-order valence-corrected chi connectivity index (χ1v) is 19.6. The van der Waals surface area contributed by atoms with E-state index in [4.69, 9.17) is 62.7 Å². The molecule has 0 radical (unpaired) electrons. The van der Waals surface area contributed by atoms with Crippen LogP contribution in [0.3, 0.4) is 0 Å². The minimum atomic E-state index is -0.949. The number of rotatable bonds is 20. The molecule has 1 heterocycles. The lowest BCUT2D eigenvalue weighted by Crippen LogP contribution is -2.22. The molecule has 1 aromatic heterocycles. The van der Waals surface area contributed by atoms with Gasteiger partial charge >= 0.3 is 11.7 Å². The van der Waals surface area contributed by atoms with Crippen molar-refractivity contribution in [1.82, 2.24) is 9.78 Å². The molecule has 0 spiro atoms. The largest absolute Gasteiger partial charge is 0.417 e. The highest BCUT2D eigenvalue weighted by Gasteiger charge is 2.24. The molecule has 9 nitrogen and oxygen atoms in total. The van der Waals surface area contributed by atoms with Gasteiger partial charge in [-0.2, -0.15) is 0 Å². The molecule has 0 saturated heterocycles. The van der Waals surface area contributed by atoms with Crippen molar-refractivity contribution in [3.8, 4) is 11.4 Å². The van der Waals surface area contributed by atoms with Crippen molar-refractivity contribution in [3.05, 3.63) is 90.1 Å². The molecular weight excluding hydrogens is 768 g/mol. The molecule has 4 rings (SSSR count). The standard InChI is InChI=1S/C38H44Cl5N5O4/c1-2-3-4-5-6-7-8-9-10-11-12-13-14-15-33(49)44-28-20-21-32(29(41)24-28)46-36-35(52-38(51)45-27-18-16-25(39)17-19-27)37(50)48(47-36)34-30(42)22-26(40)23-31(34)43/h16-24,46-47H,2-15H2,1H3,(H,44,49)(H,45,51). The Morgan fingerprint density at radius 3 is 1.81 bits per heavy atom. The zero-order chi connectivity index (χ0) is 37.5. The smallest absolute Gasteiger partial charge is 0.400 e. The van der Waals surface area contributed by atoms with Gasteiger partial charge in [-0.25, -0.2) is 9.48 Å². The van der Waals surface area contributed by atoms with Crippen LogP contribution in [0.4, 0.5) is 27.7 Å². The van der Waals surface area contributed by atoms with Crippen LogP contribution in [0.5, 0.6) is 5.75 Å². The molecule has 0 saturated carbocycles. The molecular formula is C38H44Cl5N5O4. The van der Waals surface area contributed by atoms with Gasteiger partial charge in [0.2, 0.25) is 11.7 Å². The van der Waals surface area contributed by atoms with Crippen LogP contribution in [0.2, 0.25) is 25.1 Å². The Balaban J connectivity index is 1.35. The second kappa shape index (κ2) is 21.4. The van der Waals surface area contributed by atoms with E-state index in [-0.39, 0.29) is 37.5 Å². The normalized spacial score (nSPS) is 11.0. The maximum atomic E-state index is 13.6. The van der Waals surface area contributed by atoms with Crippen molar-refractivity contribution in [1.29, 1.82) is 0 Å². The Hall–Kier alpha value is -3.34. The number of carbonyl (C=O) groups is 2. The molecule has 0 atom stereocenters. The minimum Gasteiger partial charge on any atom is -0.400 e. The molecule has 280 valence electrons. The topological polar surface area (TPSA) is 117 Å². The molecule has 14 heteroatoms. The SMILES string of the molecule is CCCCCCCCCCCCCCCC(=O)Nc1ccc(Nc2[nH]n(-c3c(Cl)cc(Cl)cc3Cl)c(=O)c2OC(=O)Nc2ccc(Cl)cc2)c(Cl)c1.